The van der Waals surface area contributed by atoms with Crippen molar-refractivity contribution in [2.75, 3.05) is 20.2 Å². The van der Waals surface area contributed by atoms with E-state index in [2.05, 4.69) is 52.7 Å². The van der Waals surface area contributed by atoms with Crippen LogP contribution in [0.15, 0.2) is 54.6 Å². The lowest BCUT2D eigenvalue weighted by atomic mass is 9.68. The van der Waals surface area contributed by atoms with E-state index >= 15 is 0 Å². The summed E-state index contributed by atoms with van der Waals surface area (Å²) in [4.78, 5) is 16.0. The summed E-state index contributed by atoms with van der Waals surface area (Å²) < 4.78 is 5.31. The van der Waals surface area contributed by atoms with Crippen LogP contribution in [0.2, 0.25) is 0 Å². The number of rotatable bonds is 6. The molecule has 4 rings (SSSR count). The van der Waals surface area contributed by atoms with E-state index in [9.17, 15) is 4.79 Å². The quantitative estimate of drug-likeness (QED) is 0.797. The third-order valence-corrected chi connectivity index (χ3v) is 6.64. The largest absolute Gasteiger partial charge is 0.497 e. The first-order valence-corrected chi connectivity index (χ1v) is 10.9. The molecule has 1 aliphatic carbocycles. The van der Waals surface area contributed by atoms with Crippen LogP contribution >= 0.6 is 0 Å². The number of likely N-dealkylation sites (tertiary alicyclic amines) is 1. The van der Waals surface area contributed by atoms with Gasteiger partial charge in [0, 0.05) is 25.7 Å². The minimum absolute atomic E-state index is 0.217. The predicted molar refractivity (Wildman–Crippen MR) is 116 cm³/mol. The molecule has 1 N–H and O–H groups in total. The summed E-state index contributed by atoms with van der Waals surface area (Å²) >= 11 is 0. The van der Waals surface area contributed by atoms with Crippen molar-refractivity contribution >= 4 is 5.91 Å². The van der Waals surface area contributed by atoms with E-state index in [1.807, 2.05) is 12.1 Å². The van der Waals surface area contributed by atoms with Gasteiger partial charge in [-0.3, -0.25) is 9.69 Å². The summed E-state index contributed by atoms with van der Waals surface area (Å²) in [5.41, 5.74) is 2.08. The number of nitrogens with one attached hydrogen (secondary N) is 1. The fourth-order valence-electron chi connectivity index (χ4n) is 4.97. The van der Waals surface area contributed by atoms with E-state index in [0.29, 0.717) is 0 Å². The van der Waals surface area contributed by atoms with Gasteiger partial charge in [-0.2, -0.15) is 0 Å². The molecule has 4 nitrogen and oxygen atoms in total. The van der Waals surface area contributed by atoms with Gasteiger partial charge in [-0.05, 0) is 42.5 Å². The highest BCUT2D eigenvalue weighted by molar-refractivity contribution is 5.88. The SMILES string of the molecule is COc1ccc(C2(C(=O)NC3CCN(Cc4ccccc4)C3)CCCCC2)cc1. The van der Waals surface area contributed by atoms with E-state index in [0.717, 1.165) is 63.1 Å². The first-order chi connectivity index (χ1) is 14.2. The van der Waals surface area contributed by atoms with Crippen molar-refractivity contribution in [3.8, 4) is 5.75 Å². The number of ether oxygens (including phenoxy) is 1. The van der Waals surface area contributed by atoms with Crippen LogP contribution in [0.25, 0.3) is 0 Å². The van der Waals surface area contributed by atoms with Crippen molar-refractivity contribution in [3.63, 3.8) is 0 Å². The zero-order chi connectivity index (χ0) is 20.1. The van der Waals surface area contributed by atoms with Gasteiger partial charge in [-0.15, -0.1) is 0 Å². The molecule has 0 bridgehead atoms. The maximum atomic E-state index is 13.5. The van der Waals surface area contributed by atoms with Crippen LogP contribution in [0.4, 0.5) is 0 Å². The van der Waals surface area contributed by atoms with Crippen molar-refractivity contribution in [2.24, 2.45) is 0 Å². The minimum atomic E-state index is -0.391. The highest BCUT2D eigenvalue weighted by Crippen LogP contribution is 2.40. The molecular weight excluding hydrogens is 360 g/mol. The Morgan fingerprint density at radius 2 is 1.79 bits per heavy atom. The zero-order valence-electron chi connectivity index (χ0n) is 17.4. The Labute approximate surface area is 174 Å². The molecule has 1 atom stereocenters. The second-order valence-corrected chi connectivity index (χ2v) is 8.55. The molecule has 1 unspecified atom stereocenters. The first kappa shape index (κ1) is 20.0. The zero-order valence-corrected chi connectivity index (χ0v) is 17.4. The summed E-state index contributed by atoms with van der Waals surface area (Å²) in [6.07, 6.45) is 6.35. The minimum Gasteiger partial charge on any atom is -0.497 e. The predicted octanol–water partition coefficient (Wildman–Crippen LogP) is 4.29. The topological polar surface area (TPSA) is 41.6 Å². The van der Waals surface area contributed by atoms with Gasteiger partial charge in [0.1, 0.15) is 5.75 Å². The molecule has 1 aliphatic heterocycles. The monoisotopic (exact) mass is 392 g/mol. The van der Waals surface area contributed by atoms with Gasteiger partial charge in [-0.1, -0.05) is 61.7 Å². The van der Waals surface area contributed by atoms with E-state index in [-0.39, 0.29) is 11.9 Å². The summed E-state index contributed by atoms with van der Waals surface area (Å²) in [6.45, 7) is 2.92. The lowest BCUT2D eigenvalue weighted by Crippen LogP contribution is -2.50. The molecule has 0 aromatic heterocycles. The molecule has 154 valence electrons. The average molecular weight is 393 g/mol. The third kappa shape index (κ3) is 4.48. The lowest BCUT2D eigenvalue weighted by Gasteiger charge is -2.37. The standard InChI is InChI=1S/C25H32N2O2/c1-29-23-12-10-21(11-13-23)25(15-6-3-7-16-25)24(28)26-22-14-17-27(19-22)18-20-8-4-2-5-9-20/h2,4-5,8-13,22H,3,6-7,14-19H2,1H3,(H,26,28). The van der Waals surface area contributed by atoms with Crippen LogP contribution in [0.5, 0.6) is 5.75 Å². The van der Waals surface area contributed by atoms with Gasteiger partial charge in [0.2, 0.25) is 5.91 Å². The van der Waals surface area contributed by atoms with E-state index in [4.69, 9.17) is 4.74 Å². The van der Waals surface area contributed by atoms with Crippen molar-refractivity contribution in [1.82, 2.24) is 10.2 Å². The molecule has 2 aromatic rings. The Balaban J connectivity index is 1.43. The highest BCUT2D eigenvalue weighted by atomic mass is 16.5. The fraction of sp³-hybridized carbons (Fsp3) is 0.480. The van der Waals surface area contributed by atoms with Gasteiger partial charge in [0.25, 0.3) is 0 Å². The smallest absolute Gasteiger partial charge is 0.230 e. The van der Waals surface area contributed by atoms with Crippen LogP contribution in [-0.2, 0) is 16.8 Å². The molecule has 1 saturated heterocycles. The Morgan fingerprint density at radius 1 is 1.07 bits per heavy atom. The number of methoxy groups -OCH3 is 1. The van der Waals surface area contributed by atoms with Gasteiger partial charge < -0.3 is 10.1 Å². The van der Waals surface area contributed by atoms with E-state index in [1.165, 1.54) is 12.0 Å². The molecule has 1 heterocycles. The lowest BCUT2D eigenvalue weighted by molar-refractivity contribution is -0.128. The number of amides is 1. The first-order valence-electron chi connectivity index (χ1n) is 10.9. The molecule has 1 saturated carbocycles. The van der Waals surface area contributed by atoms with E-state index < -0.39 is 5.41 Å². The normalized spacial score (nSPS) is 21.6. The fourth-order valence-corrected chi connectivity index (χ4v) is 4.97. The van der Waals surface area contributed by atoms with Crippen LogP contribution in [0, 0.1) is 0 Å². The number of nitrogens with zero attached hydrogens (tertiary/aromatic N) is 1. The number of hydrogen-bond acceptors (Lipinski definition) is 3. The van der Waals surface area contributed by atoms with E-state index in [1.54, 1.807) is 7.11 Å². The number of benzene rings is 2. The summed E-state index contributed by atoms with van der Waals surface area (Å²) in [7, 11) is 1.68. The van der Waals surface area contributed by atoms with Crippen LogP contribution in [0.3, 0.4) is 0 Å². The van der Waals surface area contributed by atoms with Crippen LogP contribution in [-0.4, -0.2) is 37.0 Å². The molecule has 4 heteroatoms. The molecular formula is C25H32N2O2. The second kappa shape index (κ2) is 9.00. The molecule has 0 spiro atoms. The summed E-state index contributed by atoms with van der Waals surface area (Å²) in [5.74, 6) is 1.06. The number of carbonyl (C=O) groups excluding carboxylic acids is 1. The Bertz CT molecular complexity index is 797. The number of hydrogen-bond donors (Lipinski definition) is 1. The van der Waals surface area contributed by atoms with Crippen molar-refractivity contribution < 1.29 is 9.53 Å². The maximum absolute atomic E-state index is 13.5. The summed E-state index contributed by atoms with van der Waals surface area (Å²) in [6, 6.07) is 19.0. The van der Waals surface area contributed by atoms with Crippen LogP contribution in [0.1, 0.15) is 49.7 Å². The van der Waals surface area contributed by atoms with Crippen LogP contribution < -0.4 is 10.1 Å². The van der Waals surface area contributed by atoms with Gasteiger partial charge in [0.05, 0.1) is 12.5 Å². The Morgan fingerprint density at radius 3 is 2.48 bits per heavy atom. The average Bonchev–Trinajstić information content (AvgIpc) is 3.21. The number of carbonyl (C=O) groups is 1. The van der Waals surface area contributed by atoms with Gasteiger partial charge in [0.15, 0.2) is 0 Å². The van der Waals surface area contributed by atoms with Gasteiger partial charge in [-0.25, -0.2) is 0 Å². The van der Waals surface area contributed by atoms with Crippen molar-refractivity contribution in [3.05, 3.63) is 65.7 Å². The Kier molecular flexibility index (Phi) is 6.19. The molecule has 2 aromatic carbocycles. The van der Waals surface area contributed by atoms with Crippen molar-refractivity contribution in [2.45, 2.75) is 56.5 Å². The second-order valence-electron chi connectivity index (χ2n) is 8.55. The molecule has 29 heavy (non-hydrogen) atoms. The maximum Gasteiger partial charge on any atom is 0.230 e. The molecule has 2 aliphatic rings. The van der Waals surface area contributed by atoms with Gasteiger partial charge >= 0.3 is 0 Å². The highest BCUT2D eigenvalue weighted by Gasteiger charge is 2.42. The van der Waals surface area contributed by atoms with Crippen molar-refractivity contribution in [1.29, 1.82) is 0 Å². The molecule has 0 radical (unpaired) electrons. The third-order valence-electron chi connectivity index (χ3n) is 6.64. The summed E-state index contributed by atoms with van der Waals surface area (Å²) in [5, 5.41) is 3.42. The Hall–Kier alpha value is -2.33. The molecule has 1 amide bonds. The molecule has 2 fully saturated rings.